The Labute approximate surface area is 195 Å². The normalized spacial score (nSPS) is 14.9. The van der Waals surface area contributed by atoms with Crippen LogP contribution in [0.1, 0.15) is 41.4 Å². The van der Waals surface area contributed by atoms with Gasteiger partial charge in [0.05, 0.1) is 23.8 Å². The number of hydrogen-bond donors (Lipinski definition) is 3. The maximum atomic E-state index is 12.1. The summed E-state index contributed by atoms with van der Waals surface area (Å²) in [6, 6.07) is 14.4. The number of hydrogen-bond acceptors (Lipinski definition) is 10. The summed E-state index contributed by atoms with van der Waals surface area (Å²) >= 11 is 0. The molecular formula is C24H22N6O4. The third kappa shape index (κ3) is 4.06. The van der Waals surface area contributed by atoms with Gasteiger partial charge in [0, 0.05) is 17.4 Å². The molecule has 1 atom stereocenters. The lowest BCUT2D eigenvalue weighted by atomic mass is 9.95. The van der Waals surface area contributed by atoms with Gasteiger partial charge in [-0.15, -0.1) is 10.2 Å². The lowest BCUT2D eigenvalue weighted by molar-refractivity contribution is 0.00954. The third-order valence-corrected chi connectivity index (χ3v) is 5.57. The molecule has 0 radical (unpaired) electrons. The van der Waals surface area contributed by atoms with E-state index in [4.69, 9.17) is 9.15 Å². The van der Waals surface area contributed by atoms with E-state index in [9.17, 15) is 9.90 Å². The van der Waals surface area contributed by atoms with Crippen LogP contribution in [0.2, 0.25) is 0 Å². The second-order valence-electron chi connectivity index (χ2n) is 8.28. The number of nitrogens with zero attached hydrogens (tertiary/aromatic N) is 4. The van der Waals surface area contributed by atoms with Crippen LogP contribution < -0.4 is 10.6 Å². The van der Waals surface area contributed by atoms with Crippen molar-refractivity contribution in [2.45, 2.75) is 25.5 Å². The predicted octanol–water partition coefficient (Wildman–Crippen LogP) is 3.82. The first kappa shape index (κ1) is 21.5. The number of nitrogens with one attached hydrogen (secondary N) is 2. The van der Waals surface area contributed by atoms with E-state index in [1.807, 2.05) is 50.2 Å². The fourth-order valence-corrected chi connectivity index (χ4v) is 3.85. The van der Waals surface area contributed by atoms with E-state index in [2.05, 4.69) is 30.8 Å². The van der Waals surface area contributed by atoms with Gasteiger partial charge < -0.3 is 24.9 Å². The van der Waals surface area contributed by atoms with E-state index >= 15 is 0 Å². The summed E-state index contributed by atoms with van der Waals surface area (Å²) in [5.74, 6) is 0.617. The van der Waals surface area contributed by atoms with Crippen molar-refractivity contribution in [2.75, 3.05) is 17.2 Å². The number of esters is 1. The van der Waals surface area contributed by atoms with Crippen LogP contribution >= 0.6 is 0 Å². The number of rotatable bonds is 7. The van der Waals surface area contributed by atoms with Crippen molar-refractivity contribution in [3.05, 3.63) is 77.8 Å². The summed E-state index contributed by atoms with van der Waals surface area (Å²) in [4.78, 5) is 21.1. The molecule has 0 bridgehead atoms. The number of ether oxygens (including phenoxy) is 1. The molecule has 0 unspecified atom stereocenters. The van der Waals surface area contributed by atoms with Crippen molar-refractivity contribution >= 4 is 23.4 Å². The Morgan fingerprint density at radius 3 is 2.68 bits per heavy atom. The van der Waals surface area contributed by atoms with Gasteiger partial charge >= 0.3 is 5.97 Å². The molecule has 0 spiro atoms. The summed E-state index contributed by atoms with van der Waals surface area (Å²) in [5, 5.41) is 24.1. The lowest BCUT2D eigenvalue weighted by Gasteiger charge is -2.20. The summed E-state index contributed by atoms with van der Waals surface area (Å²) in [6.07, 6.45) is 2.79. The standard InChI is InChI=1S/C24H22N6O4/c1-24(2)18-10-15(8-9-16(18)22(32)34-24)27-23-25-11-17(21-30-26-13-33-21)20(29-23)28-19(12-31)14-6-4-3-5-7-14/h3-11,13,19,31H,12H2,1-2H3,(H2,25,27,28,29)/t19-/m1/s1. The maximum Gasteiger partial charge on any atom is 0.339 e. The van der Waals surface area contributed by atoms with Crippen LogP contribution in [0.5, 0.6) is 0 Å². The van der Waals surface area contributed by atoms with E-state index in [0.29, 0.717) is 28.6 Å². The Balaban J connectivity index is 1.48. The third-order valence-electron chi connectivity index (χ3n) is 5.57. The molecule has 10 nitrogen and oxygen atoms in total. The van der Waals surface area contributed by atoms with Crippen molar-refractivity contribution in [1.82, 2.24) is 20.2 Å². The number of aliphatic hydroxyl groups excluding tert-OH is 1. The molecule has 0 saturated heterocycles. The number of anilines is 3. The van der Waals surface area contributed by atoms with Crippen molar-refractivity contribution in [3.63, 3.8) is 0 Å². The van der Waals surface area contributed by atoms with Crippen LogP contribution in [-0.4, -0.2) is 37.8 Å². The average Bonchev–Trinajstić information content (AvgIpc) is 3.44. The molecule has 0 saturated carbocycles. The molecule has 5 rings (SSSR count). The minimum absolute atomic E-state index is 0.159. The first-order valence-corrected chi connectivity index (χ1v) is 10.7. The van der Waals surface area contributed by atoms with Crippen LogP contribution in [0, 0.1) is 0 Å². The molecular weight excluding hydrogens is 436 g/mol. The summed E-state index contributed by atoms with van der Waals surface area (Å²) in [6.45, 7) is 3.53. The number of aliphatic hydroxyl groups is 1. The van der Waals surface area contributed by atoms with Crippen LogP contribution in [0.15, 0.2) is 65.5 Å². The molecule has 0 fully saturated rings. The van der Waals surface area contributed by atoms with Gasteiger partial charge in [-0.1, -0.05) is 30.3 Å². The summed E-state index contributed by atoms with van der Waals surface area (Å²) in [5.41, 5.74) is 2.69. The maximum absolute atomic E-state index is 12.1. The number of carbonyl (C=O) groups excluding carboxylic acids is 1. The zero-order valence-corrected chi connectivity index (χ0v) is 18.5. The molecule has 0 aliphatic carbocycles. The molecule has 10 heteroatoms. The number of carbonyl (C=O) groups is 1. The van der Waals surface area contributed by atoms with Crippen molar-refractivity contribution < 1.29 is 19.1 Å². The lowest BCUT2D eigenvalue weighted by Crippen LogP contribution is -2.17. The Hall–Kier alpha value is -4.31. The fourth-order valence-electron chi connectivity index (χ4n) is 3.85. The molecule has 172 valence electrons. The van der Waals surface area contributed by atoms with E-state index in [1.54, 1.807) is 18.3 Å². The average molecular weight is 458 g/mol. The molecule has 1 aliphatic rings. The van der Waals surface area contributed by atoms with Crippen LogP contribution in [0.25, 0.3) is 11.5 Å². The Bertz CT molecular complexity index is 1320. The number of aromatic nitrogens is 4. The Morgan fingerprint density at radius 1 is 1.12 bits per heavy atom. The molecule has 3 heterocycles. The first-order chi connectivity index (χ1) is 16.4. The van der Waals surface area contributed by atoms with Gasteiger partial charge in [0.15, 0.2) is 0 Å². The van der Waals surface area contributed by atoms with Crippen LogP contribution in [-0.2, 0) is 10.3 Å². The van der Waals surface area contributed by atoms with Crippen molar-refractivity contribution in [1.29, 1.82) is 0 Å². The number of cyclic esters (lactones) is 1. The van der Waals surface area contributed by atoms with Crippen molar-refractivity contribution in [2.24, 2.45) is 0 Å². The van der Waals surface area contributed by atoms with E-state index in [-0.39, 0.29) is 18.5 Å². The SMILES string of the molecule is CC1(C)OC(=O)c2ccc(Nc3ncc(-c4nnco4)c(N[C@H](CO)c4ccccc4)n3)cc21. The molecule has 1 aliphatic heterocycles. The fraction of sp³-hybridized carbons (Fsp3) is 0.208. The van der Waals surface area contributed by atoms with E-state index in [0.717, 1.165) is 11.1 Å². The topological polar surface area (TPSA) is 135 Å². The first-order valence-electron chi connectivity index (χ1n) is 10.7. The van der Waals surface area contributed by atoms with E-state index in [1.165, 1.54) is 6.39 Å². The zero-order valence-electron chi connectivity index (χ0n) is 18.5. The van der Waals surface area contributed by atoms with Gasteiger partial charge in [0.2, 0.25) is 12.3 Å². The minimum Gasteiger partial charge on any atom is -0.451 e. The van der Waals surface area contributed by atoms with E-state index < -0.39 is 11.6 Å². The summed E-state index contributed by atoms with van der Waals surface area (Å²) < 4.78 is 10.8. The molecule has 0 amide bonds. The monoisotopic (exact) mass is 458 g/mol. The van der Waals surface area contributed by atoms with Gasteiger partial charge in [0.1, 0.15) is 11.4 Å². The highest BCUT2D eigenvalue weighted by atomic mass is 16.6. The van der Waals surface area contributed by atoms with Gasteiger partial charge in [-0.2, -0.15) is 4.98 Å². The zero-order chi connectivity index (χ0) is 23.7. The quantitative estimate of drug-likeness (QED) is 0.351. The highest BCUT2D eigenvalue weighted by Crippen LogP contribution is 2.37. The van der Waals surface area contributed by atoms with Gasteiger partial charge in [-0.3, -0.25) is 0 Å². The number of benzene rings is 2. The smallest absolute Gasteiger partial charge is 0.339 e. The van der Waals surface area contributed by atoms with Crippen molar-refractivity contribution in [3.8, 4) is 11.5 Å². The molecule has 34 heavy (non-hydrogen) atoms. The second-order valence-corrected chi connectivity index (χ2v) is 8.28. The number of fused-ring (bicyclic) bond motifs is 1. The van der Waals surface area contributed by atoms with Gasteiger partial charge in [-0.05, 0) is 37.6 Å². The Kier molecular flexibility index (Phi) is 5.42. The van der Waals surface area contributed by atoms with Gasteiger partial charge in [-0.25, -0.2) is 9.78 Å². The minimum atomic E-state index is -0.719. The second kappa shape index (κ2) is 8.56. The molecule has 4 aromatic rings. The largest absolute Gasteiger partial charge is 0.451 e. The van der Waals surface area contributed by atoms with Crippen LogP contribution in [0.3, 0.4) is 0 Å². The summed E-state index contributed by atoms with van der Waals surface area (Å²) in [7, 11) is 0. The highest BCUT2D eigenvalue weighted by Gasteiger charge is 2.37. The Morgan fingerprint density at radius 2 is 1.94 bits per heavy atom. The predicted molar refractivity (Wildman–Crippen MR) is 123 cm³/mol. The molecule has 3 N–H and O–H groups in total. The molecule has 2 aromatic heterocycles. The highest BCUT2D eigenvalue weighted by molar-refractivity contribution is 5.95. The molecule has 2 aromatic carbocycles. The van der Waals surface area contributed by atoms with Gasteiger partial charge in [0.25, 0.3) is 5.89 Å². The van der Waals surface area contributed by atoms with Crippen LogP contribution in [0.4, 0.5) is 17.5 Å².